The van der Waals surface area contributed by atoms with Crippen molar-refractivity contribution in [2.75, 3.05) is 13.1 Å². The van der Waals surface area contributed by atoms with Gasteiger partial charge in [0, 0.05) is 24.3 Å². The third-order valence-electron chi connectivity index (χ3n) is 6.53. The summed E-state index contributed by atoms with van der Waals surface area (Å²) in [5.74, 6) is -1.36. The smallest absolute Gasteiger partial charge is 0.284 e. The van der Waals surface area contributed by atoms with E-state index < -0.39 is 40.0 Å². The molecule has 2 aromatic heterocycles. The minimum Gasteiger partial charge on any atom is -0.390 e. The summed E-state index contributed by atoms with van der Waals surface area (Å²) >= 11 is 0. The van der Waals surface area contributed by atoms with Crippen LogP contribution in [0.3, 0.4) is 0 Å². The van der Waals surface area contributed by atoms with Crippen LogP contribution in [-0.2, 0) is 14.8 Å². The highest BCUT2D eigenvalue weighted by Crippen LogP contribution is 2.25. The third-order valence-corrected chi connectivity index (χ3v) is 8.27. The molecule has 3 N–H and O–H groups in total. The second kappa shape index (κ2) is 12.0. The number of pyridine rings is 2. The Bertz CT molecular complexity index is 1380. The second-order valence-electron chi connectivity index (χ2n) is 9.82. The van der Waals surface area contributed by atoms with Crippen LogP contribution in [-0.4, -0.2) is 70.9 Å². The summed E-state index contributed by atoms with van der Waals surface area (Å²) in [6, 6.07) is 11.0. The van der Waals surface area contributed by atoms with E-state index in [1.54, 1.807) is 30.3 Å². The average Bonchev–Trinajstić information content (AvgIpc) is 3.12. The number of aliphatic hydroxyl groups excluding tert-OH is 1. The van der Waals surface area contributed by atoms with Gasteiger partial charge in [-0.05, 0) is 56.0 Å². The topological polar surface area (TPSA) is 142 Å². The molecule has 11 heteroatoms. The van der Waals surface area contributed by atoms with Crippen LogP contribution in [0.25, 0.3) is 10.9 Å². The van der Waals surface area contributed by atoms with Crippen LogP contribution in [0.4, 0.5) is 0 Å². The number of sulfonamides is 1. The van der Waals surface area contributed by atoms with Crippen LogP contribution < -0.4 is 10.6 Å². The van der Waals surface area contributed by atoms with E-state index in [4.69, 9.17) is 0 Å². The summed E-state index contributed by atoms with van der Waals surface area (Å²) in [6.07, 6.45) is 2.75. The average molecular weight is 540 g/mol. The molecule has 10 nitrogen and oxygen atoms in total. The highest BCUT2D eigenvalue weighted by molar-refractivity contribution is 7.89. The Morgan fingerprint density at radius 1 is 1.11 bits per heavy atom. The van der Waals surface area contributed by atoms with E-state index in [1.165, 1.54) is 24.5 Å². The molecule has 4 rings (SSSR count). The number of fused-ring (bicyclic) bond motifs is 1. The van der Waals surface area contributed by atoms with E-state index in [1.807, 2.05) is 19.9 Å². The predicted molar refractivity (Wildman–Crippen MR) is 143 cm³/mol. The van der Waals surface area contributed by atoms with Crippen molar-refractivity contribution in [2.24, 2.45) is 5.92 Å². The fraction of sp³-hybridized carbons (Fsp3) is 0.407. The Morgan fingerprint density at radius 2 is 1.87 bits per heavy atom. The largest absolute Gasteiger partial charge is 0.390 e. The number of aromatic nitrogens is 2. The SMILES string of the molecule is CC(C)CC(NC(=O)c1ccnc2ccccc12)C(=O)N(C1CCCNC[C@@H]1O)S(=O)(=O)c1ccccn1. The van der Waals surface area contributed by atoms with E-state index in [2.05, 4.69) is 20.6 Å². The summed E-state index contributed by atoms with van der Waals surface area (Å²) in [5.41, 5.74) is 0.954. The van der Waals surface area contributed by atoms with Crippen LogP contribution in [0, 0.1) is 5.92 Å². The zero-order valence-electron chi connectivity index (χ0n) is 21.4. The molecule has 1 aliphatic heterocycles. The molecule has 2 unspecified atom stereocenters. The van der Waals surface area contributed by atoms with Crippen LogP contribution in [0.1, 0.15) is 43.5 Å². The number of hydrogen-bond acceptors (Lipinski definition) is 8. The minimum absolute atomic E-state index is 0.0430. The van der Waals surface area contributed by atoms with Gasteiger partial charge in [-0.25, -0.2) is 9.29 Å². The van der Waals surface area contributed by atoms with E-state index >= 15 is 0 Å². The number of nitrogens with zero attached hydrogens (tertiary/aromatic N) is 3. The number of aliphatic hydroxyl groups is 1. The number of rotatable bonds is 8. The first-order chi connectivity index (χ1) is 18.2. The van der Waals surface area contributed by atoms with Crippen LogP contribution >= 0.6 is 0 Å². The molecule has 2 amide bonds. The summed E-state index contributed by atoms with van der Waals surface area (Å²) in [5, 5.41) is 17.1. The van der Waals surface area contributed by atoms with Gasteiger partial charge in [-0.2, -0.15) is 8.42 Å². The first-order valence-electron chi connectivity index (χ1n) is 12.7. The maximum Gasteiger partial charge on any atom is 0.284 e. The van der Waals surface area contributed by atoms with Gasteiger partial charge in [-0.3, -0.25) is 14.6 Å². The molecule has 0 saturated carbocycles. The van der Waals surface area contributed by atoms with Gasteiger partial charge in [0.1, 0.15) is 6.04 Å². The molecule has 0 bridgehead atoms. The first-order valence-corrected chi connectivity index (χ1v) is 14.2. The van der Waals surface area contributed by atoms with Crippen LogP contribution in [0.5, 0.6) is 0 Å². The highest BCUT2D eigenvalue weighted by Gasteiger charge is 2.43. The van der Waals surface area contributed by atoms with Gasteiger partial charge in [0.15, 0.2) is 5.03 Å². The van der Waals surface area contributed by atoms with Crippen molar-refractivity contribution < 1.29 is 23.1 Å². The third kappa shape index (κ3) is 6.01. The molecule has 1 fully saturated rings. The molecule has 0 radical (unpaired) electrons. The lowest BCUT2D eigenvalue weighted by atomic mass is 10.00. The number of nitrogens with one attached hydrogen (secondary N) is 2. The van der Waals surface area contributed by atoms with Crippen molar-refractivity contribution in [1.29, 1.82) is 0 Å². The van der Waals surface area contributed by atoms with Gasteiger partial charge in [-0.15, -0.1) is 0 Å². The van der Waals surface area contributed by atoms with Gasteiger partial charge in [0.05, 0.1) is 23.2 Å². The number of amides is 2. The molecule has 3 heterocycles. The van der Waals surface area contributed by atoms with E-state index in [0.717, 1.165) is 4.31 Å². The number of carbonyl (C=O) groups is 2. The Labute approximate surface area is 222 Å². The van der Waals surface area contributed by atoms with Crippen molar-refractivity contribution in [3.05, 3.63) is 66.5 Å². The minimum atomic E-state index is -4.44. The monoisotopic (exact) mass is 539 g/mol. The summed E-state index contributed by atoms with van der Waals surface area (Å²) in [6.45, 7) is 4.49. The number of para-hydroxylation sites is 1. The lowest BCUT2D eigenvalue weighted by molar-refractivity contribution is -0.132. The number of benzene rings is 1. The number of hydrogen-bond donors (Lipinski definition) is 3. The van der Waals surface area contributed by atoms with Crippen molar-refractivity contribution >= 4 is 32.7 Å². The maximum atomic E-state index is 14.1. The van der Waals surface area contributed by atoms with Gasteiger partial charge >= 0.3 is 0 Å². The molecule has 1 aromatic carbocycles. The van der Waals surface area contributed by atoms with Gasteiger partial charge in [0.2, 0.25) is 0 Å². The van der Waals surface area contributed by atoms with Crippen molar-refractivity contribution in [3.63, 3.8) is 0 Å². The number of carbonyl (C=O) groups excluding carboxylic acids is 2. The predicted octanol–water partition coefficient (Wildman–Crippen LogP) is 2.10. The zero-order chi connectivity index (χ0) is 27.3. The normalized spacial score (nSPS) is 19.1. The standard InChI is InChI=1S/C27H33N5O5S/c1-18(2)16-22(31-26(34)20-12-15-29-21-9-4-3-8-19(20)21)27(35)32(23-10-7-13-28-17-24(23)33)38(36,37)25-11-5-6-14-30-25/h3-6,8-9,11-12,14-15,18,22-24,28,33H,7,10,13,16-17H2,1-2H3,(H,31,34)/t22?,23?,24-/m0/s1. The fourth-order valence-corrected chi connectivity index (χ4v) is 6.34. The summed E-state index contributed by atoms with van der Waals surface area (Å²) < 4.78 is 28.4. The summed E-state index contributed by atoms with van der Waals surface area (Å²) in [4.78, 5) is 35.9. The molecule has 0 aliphatic carbocycles. The van der Waals surface area contributed by atoms with Gasteiger partial charge < -0.3 is 15.7 Å². The second-order valence-corrected chi connectivity index (χ2v) is 11.6. The highest BCUT2D eigenvalue weighted by atomic mass is 32.2. The molecule has 3 aromatic rings. The molecule has 202 valence electrons. The Hall–Kier alpha value is -3.41. The molecule has 1 aliphatic rings. The Balaban J connectivity index is 1.74. The Kier molecular flexibility index (Phi) is 8.70. The van der Waals surface area contributed by atoms with Gasteiger partial charge in [-0.1, -0.05) is 38.1 Å². The first kappa shape index (κ1) is 27.6. The van der Waals surface area contributed by atoms with Crippen molar-refractivity contribution in [3.8, 4) is 0 Å². The fourth-order valence-electron chi connectivity index (χ4n) is 4.73. The van der Waals surface area contributed by atoms with Crippen LogP contribution in [0.2, 0.25) is 0 Å². The van der Waals surface area contributed by atoms with Crippen molar-refractivity contribution in [2.45, 2.75) is 56.3 Å². The molecule has 1 saturated heterocycles. The lowest BCUT2D eigenvalue weighted by Crippen LogP contribution is -2.57. The summed E-state index contributed by atoms with van der Waals surface area (Å²) in [7, 11) is -4.44. The number of β-amino-alcohol motifs (C(OH)–C–C–N with tert-alkyl or cyclic N) is 1. The van der Waals surface area contributed by atoms with Crippen molar-refractivity contribution in [1.82, 2.24) is 24.9 Å². The van der Waals surface area contributed by atoms with E-state index in [-0.39, 0.29) is 30.3 Å². The quantitative estimate of drug-likeness (QED) is 0.395. The molecule has 38 heavy (non-hydrogen) atoms. The van der Waals surface area contributed by atoms with Crippen LogP contribution in [0.15, 0.2) is 66.0 Å². The van der Waals surface area contributed by atoms with E-state index in [9.17, 15) is 23.1 Å². The molecule has 0 spiro atoms. The Morgan fingerprint density at radius 3 is 2.61 bits per heavy atom. The van der Waals surface area contributed by atoms with E-state index in [0.29, 0.717) is 29.4 Å². The molecular weight excluding hydrogens is 506 g/mol. The molecule has 3 atom stereocenters. The maximum absolute atomic E-state index is 14.1. The van der Waals surface area contributed by atoms with Gasteiger partial charge in [0.25, 0.3) is 21.8 Å². The zero-order valence-corrected chi connectivity index (χ0v) is 22.3. The lowest BCUT2D eigenvalue weighted by Gasteiger charge is -2.35. The molecular formula is C27H33N5O5S.